The average Bonchev–Trinajstić information content (AvgIpc) is 3.09. The number of aromatic nitrogens is 1. The van der Waals surface area contributed by atoms with Gasteiger partial charge in [0.25, 0.3) is 5.91 Å². The summed E-state index contributed by atoms with van der Waals surface area (Å²) in [4.78, 5) is 19.8. The first kappa shape index (κ1) is 19.4. The average molecular weight is 369 g/mol. The van der Waals surface area contributed by atoms with Gasteiger partial charge < -0.3 is 20.3 Å². The van der Waals surface area contributed by atoms with Gasteiger partial charge >= 0.3 is 0 Å². The molecule has 6 nitrogen and oxygen atoms in total. The molecule has 0 saturated carbocycles. The Morgan fingerprint density at radius 2 is 2.14 bits per heavy atom. The van der Waals surface area contributed by atoms with Crippen molar-refractivity contribution in [2.75, 3.05) is 44.3 Å². The van der Waals surface area contributed by atoms with Crippen molar-refractivity contribution in [1.29, 1.82) is 0 Å². The number of carbonyl (C=O) groups excluding carboxylic acids is 1. The lowest BCUT2D eigenvalue weighted by molar-refractivity contribution is 0.0943. The Labute approximate surface area is 146 Å². The number of amides is 1. The van der Waals surface area contributed by atoms with E-state index < -0.39 is 0 Å². The quantitative estimate of drug-likeness (QED) is 0.839. The molecular formula is C13H22Cl2N4O2S. The van der Waals surface area contributed by atoms with Crippen LogP contribution in [0.5, 0.6) is 0 Å². The third-order valence-electron chi connectivity index (χ3n) is 3.67. The maximum atomic E-state index is 12.3. The summed E-state index contributed by atoms with van der Waals surface area (Å²) in [5.74, 6) is 0.00760. The van der Waals surface area contributed by atoms with Gasteiger partial charge in [-0.1, -0.05) is 11.3 Å². The largest absolute Gasteiger partial charge is 0.378 e. The number of hydrogen-bond acceptors (Lipinski definition) is 6. The number of hydrogen-bond donors (Lipinski definition) is 2. The minimum Gasteiger partial charge on any atom is -0.378 e. The lowest BCUT2D eigenvalue weighted by Crippen LogP contribution is -2.36. The molecule has 0 spiro atoms. The van der Waals surface area contributed by atoms with Crippen LogP contribution < -0.4 is 15.5 Å². The molecule has 1 atom stereocenters. The summed E-state index contributed by atoms with van der Waals surface area (Å²) in [5.41, 5.74) is 0.819. The van der Waals surface area contributed by atoms with Crippen LogP contribution in [-0.4, -0.2) is 56.3 Å². The van der Waals surface area contributed by atoms with Crippen LogP contribution in [0.25, 0.3) is 0 Å². The zero-order valence-corrected chi connectivity index (χ0v) is 14.9. The normalized spacial score (nSPS) is 21.0. The van der Waals surface area contributed by atoms with Gasteiger partial charge in [-0.2, -0.15) is 0 Å². The van der Waals surface area contributed by atoms with Crippen molar-refractivity contribution in [3.05, 3.63) is 10.6 Å². The molecule has 1 aromatic heterocycles. The Morgan fingerprint density at radius 3 is 2.77 bits per heavy atom. The maximum Gasteiger partial charge on any atom is 0.263 e. The molecule has 1 aromatic rings. The summed E-state index contributed by atoms with van der Waals surface area (Å²) in [6, 6.07) is 0.246. The number of nitrogens with zero attached hydrogens (tertiary/aromatic N) is 2. The van der Waals surface area contributed by atoms with Crippen molar-refractivity contribution in [3.63, 3.8) is 0 Å². The Bertz CT molecular complexity index is 488. The molecule has 0 aliphatic carbocycles. The zero-order chi connectivity index (χ0) is 13.9. The van der Waals surface area contributed by atoms with Gasteiger partial charge in [0.05, 0.1) is 18.9 Å². The molecule has 126 valence electrons. The van der Waals surface area contributed by atoms with Crippen molar-refractivity contribution in [3.8, 4) is 0 Å². The number of thiazole rings is 1. The van der Waals surface area contributed by atoms with Gasteiger partial charge in [-0.3, -0.25) is 4.79 Å². The molecule has 2 fully saturated rings. The van der Waals surface area contributed by atoms with Crippen molar-refractivity contribution < 1.29 is 9.53 Å². The van der Waals surface area contributed by atoms with E-state index in [4.69, 9.17) is 4.74 Å². The number of carbonyl (C=O) groups is 1. The molecule has 22 heavy (non-hydrogen) atoms. The lowest BCUT2D eigenvalue weighted by atomic mass is 10.2. The second-order valence-electron chi connectivity index (χ2n) is 5.17. The SMILES string of the molecule is Cc1nc(N2CCOCC2)sc1C(=O)N[C@H]1CCNC1.Cl.Cl. The number of rotatable bonds is 3. The van der Waals surface area contributed by atoms with E-state index in [0.717, 1.165) is 61.5 Å². The second-order valence-corrected chi connectivity index (χ2v) is 6.15. The summed E-state index contributed by atoms with van der Waals surface area (Å²) >= 11 is 1.48. The molecule has 0 unspecified atom stereocenters. The fourth-order valence-electron chi connectivity index (χ4n) is 2.51. The molecule has 2 aliphatic heterocycles. The smallest absolute Gasteiger partial charge is 0.263 e. The first-order valence-electron chi connectivity index (χ1n) is 7.06. The number of anilines is 1. The van der Waals surface area contributed by atoms with Crippen LogP contribution in [0.15, 0.2) is 0 Å². The van der Waals surface area contributed by atoms with Crippen molar-refractivity contribution >= 4 is 47.2 Å². The van der Waals surface area contributed by atoms with Crippen LogP contribution in [0.1, 0.15) is 21.8 Å². The van der Waals surface area contributed by atoms with E-state index in [9.17, 15) is 4.79 Å². The van der Waals surface area contributed by atoms with E-state index in [1.807, 2.05) is 6.92 Å². The van der Waals surface area contributed by atoms with Gasteiger partial charge in [0.2, 0.25) is 0 Å². The topological polar surface area (TPSA) is 66.5 Å². The Balaban J connectivity index is 0.00000121. The van der Waals surface area contributed by atoms with Gasteiger partial charge in [0.1, 0.15) is 4.88 Å². The third-order valence-corrected chi connectivity index (χ3v) is 4.89. The summed E-state index contributed by atoms with van der Waals surface area (Å²) in [7, 11) is 0. The van der Waals surface area contributed by atoms with Crippen LogP contribution in [0, 0.1) is 6.92 Å². The minimum atomic E-state index is 0. The highest BCUT2D eigenvalue weighted by atomic mass is 35.5. The predicted molar refractivity (Wildman–Crippen MR) is 93.1 cm³/mol. The van der Waals surface area contributed by atoms with E-state index in [-0.39, 0.29) is 36.8 Å². The first-order valence-corrected chi connectivity index (χ1v) is 7.87. The molecule has 1 amide bonds. The first-order chi connectivity index (χ1) is 9.74. The van der Waals surface area contributed by atoms with Gasteiger partial charge in [0, 0.05) is 25.7 Å². The van der Waals surface area contributed by atoms with Crippen LogP contribution in [0.4, 0.5) is 5.13 Å². The van der Waals surface area contributed by atoms with Gasteiger partial charge in [-0.15, -0.1) is 24.8 Å². The summed E-state index contributed by atoms with van der Waals surface area (Å²) in [5, 5.41) is 7.26. The van der Waals surface area contributed by atoms with Crippen LogP contribution >= 0.6 is 36.2 Å². The Kier molecular flexibility index (Phi) is 7.85. The molecular weight excluding hydrogens is 347 g/mol. The Morgan fingerprint density at radius 1 is 1.41 bits per heavy atom. The molecule has 2 N–H and O–H groups in total. The number of nitrogens with one attached hydrogen (secondary N) is 2. The molecule has 2 aliphatic rings. The highest BCUT2D eigenvalue weighted by Gasteiger charge is 2.23. The lowest BCUT2D eigenvalue weighted by Gasteiger charge is -2.26. The second kappa shape index (κ2) is 8.88. The molecule has 0 aromatic carbocycles. The van der Waals surface area contributed by atoms with Gasteiger partial charge in [-0.25, -0.2) is 4.98 Å². The molecule has 9 heteroatoms. The maximum absolute atomic E-state index is 12.3. The fourth-order valence-corrected chi connectivity index (χ4v) is 3.53. The number of halogens is 2. The van der Waals surface area contributed by atoms with E-state index in [1.54, 1.807) is 0 Å². The highest BCUT2D eigenvalue weighted by Crippen LogP contribution is 2.26. The molecule has 3 rings (SSSR count). The van der Waals surface area contributed by atoms with Crippen molar-refractivity contribution in [2.45, 2.75) is 19.4 Å². The number of aryl methyl sites for hydroxylation is 1. The molecule has 2 saturated heterocycles. The molecule has 0 bridgehead atoms. The summed E-state index contributed by atoms with van der Waals surface area (Å²) < 4.78 is 5.34. The van der Waals surface area contributed by atoms with E-state index in [2.05, 4.69) is 20.5 Å². The van der Waals surface area contributed by atoms with Crippen molar-refractivity contribution in [1.82, 2.24) is 15.6 Å². The van der Waals surface area contributed by atoms with Gasteiger partial charge in [-0.05, 0) is 19.9 Å². The predicted octanol–water partition coefficient (Wildman–Crippen LogP) is 1.22. The van der Waals surface area contributed by atoms with Crippen LogP contribution in [0.2, 0.25) is 0 Å². The van der Waals surface area contributed by atoms with E-state index in [1.165, 1.54) is 11.3 Å². The standard InChI is InChI=1S/C13H20N4O2S.2ClH/c1-9-11(12(18)16-10-2-3-14-8-10)20-13(15-9)17-4-6-19-7-5-17;;/h10,14H,2-8H2,1H3,(H,16,18);2*1H/t10-;;/m0../s1. The number of morpholine rings is 1. The van der Waals surface area contributed by atoms with Gasteiger partial charge in [0.15, 0.2) is 5.13 Å². The van der Waals surface area contributed by atoms with Crippen LogP contribution in [0.3, 0.4) is 0 Å². The summed E-state index contributed by atoms with van der Waals surface area (Å²) in [6.07, 6.45) is 1.000. The highest BCUT2D eigenvalue weighted by molar-refractivity contribution is 7.17. The molecule has 0 radical (unpaired) electrons. The minimum absolute atomic E-state index is 0. The zero-order valence-electron chi connectivity index (χ0n) is 12.5. The summed E-state index contributed by atoms with van der Waals surface area (Å²) in [6.45, 7) is 6.90. The fraction of sp³-hybridized carbons (Fsp3) is 0.692. The monoisotopic (exact) mass is 368 g/mol. The Hall–Kier alpha value is -0.600. The number of ether oxygens (including phenoxy) is 1. The molecule has 3 heterocycles. The third kappa shape index (κ3) is 4.45. The van der Waals surface area contributed by atoms with Crippen molar-refractivity contribution in [2.24, 2.45) is 0 Å². The van der Waals surface area contributed by atoms with Crippen LogP contribution in [-0.2, 0) is 4.74 Å². The van der Waals surface area contributed by atoms with E-state index in [0.29, 0.717) is 0 Å². The van der Waals surface area contributed by atoms with E-state index >= 15 is 0 Å².